The van der Waals surface area contributed by atoms with Gasteiger partial charge in [0.05, 0.1) is 4.92 Å². The Balaban J connectivity index is 1.75. The lowest BCUT2D eigenvalue weighted by atomic mass is 10.1. The summed E-state index contributed by atoms with van der Waals surface area (Å²) in [6.07, 6.45) is 1.25. The molecular formula is C20H20N4O5. The maximum absolute atomic E-state index is 12.3. The van der Waals surface area contributed by atoms with Crippen molar-refractivity contribution in [1.82, 2.24) is 0 Å². The van der Waals surface area contributed by atoms with Gasteiger partial charge in [0.1, 0.15) is 5.69 Å². The monoisotopic (exact) mass is 396 g/mol. The Morgan fingerprint density at radius 3 is 2.45 bits per heavy atom. The van der Waals surface area contributed by atoms with Crippen molar-refractivity contribution in [2.24, 2.45) is 0 Å². The van der Waals surface area contributed by atoms with Crippen LogP contribution in [0.1, 0.15) is 24.0 Å². The van der Waals surface area contributed by atoms with Crippen LogP contribution in [0.15, 0.2) is 36.4 Å². The van der Waals surface area contributed by atoms with Gasteiger partial charge in [-0.2, -0.15) is 0 Å². The zero-order valence-electron chi connectivity index (χ0n) is 16.0. The number of nitro groups is 1. The van der Waals surface area contributed by atoms with Gasteiger partial charge in [0.15, 0.2) is 0 Å². The van der Waals surface area contributed by atoms with Crippen molar-refractivity contribution in [2.75, 3.05) is 22.1 Å². The number of carbonyl (C=O) groups excluding carboxylic acids is 3. The molecule has 0 saturated carbocycles. The number of rotatable bonds is 4. The molecule has 0 atom stereocenters. The summed E-state index contributed by atoms with van der Waals surface area (Å²) in [6.45, 7) is 4.15. The smallest absolute Gasteiger partial charge is 0.314 e. The molecule has 9 nitrogen and oxygen atoms in total. The molecule has 1 heterocycles. The summed E-state index contributed by atoms with van der Waals surface area (Å²) in [5, 5.41) is 15.9. The Morgan fingerprint density at radius 2 is 1.79 bits per heavy atom. The standard InChI is InChI=1S/C20H20N4O5/c1-12-5-8-15(17(10-12)24(28)29)22-20(27)19(26)21-14-7-6-13(2)16(11-14)23-9-3-4-18(23)25/h5-8,10-11H,3-4,9H2,1-2H3,(H,21,26)(H,22,27). The summed E-state index contributed by atoms with van der Waals surface area (Å²) in [5.41, 5.74) is 2.20. The van der Waals surface area contributed by atoms with E-state index in [2.05, 4.69) is 10.6 Å². The van der Waals surface area contributed by atoms with Crippen LogP contribution in [-0.2, 0) is 14.4 Å². The molecule has 150 valence electrons. The first-order valence-corrected chi connectivity index (χ1v) is 9.04. The van der Waals surface area contributed by atoms with Gasteiger partial charge in [0.2, 0.25) is 5.91 Å². The number of hydrogen-bond acceptors (Lipinski definition) is 5. The van der Waals surface area contributed by atoms with Crippen LogP contribution in [0.3, 0.4) is 0 Å². The Labute approximate surface area is 166 Å². The van der Waals surface area contributed by atoms with Gasteiger partial charge < -0.3 is 15.5 Å². The predicted molar refractivity (Wildman–Crippen MR) is 108 cm³/mol. The molecule has 1 saturated heterocycles. The predicted octanol–water partition coefficient (Wildman–Crippen LogP) is 2.92. The third-order valence-electron chi connectivity index (χ3n) is 4.64. The normalized spacial score (nSPS) is 13.3. The average Bonchev–Trinajstić information content (AvgIpc) is 3.10. The number of hydrogen-bond donors (Lipinski definition) is 2. The van der Waals surface area contributed by atoms with E-state index in [1.807, 2.05) is 6.92 Å². The minimum absolute atomic E-state index is 0.0148. The fraction of sp³-hybridized carbons (Fsp3) is 0.250. The largest absolute Gasteiger partial charge is 0.318 e. The summed E-state index contributed by atoms with van der Waals surface area (Å²) in [4.78, 5) is 48.7. The second-order valence-corrected chi connectivity index (χ2v) is 6.84. The molecule has 29 heavy (non-hydrogen) atoms. The summed E-state index contributed by atoms with van der Waals surface area (Å²) in [7, 11) is 0. The van der Waals surface area contributed by atoms with Crippen molar-refractivity contribution >= 4 is 40.5 Å². The van der Waals surface area contributed by atoms with Gasteiger partial charge >= 0.3 is 11.8 Å². The summed E-state index contributed by atoms with van der Waals surface area (Å²) >= 11 is 0. The number of nitrogens with zero attached hydrogens (tertiary/aromatic N) is 2. The molecule has 1 aliphatic heterocycles. The molecule has 0 unspecified atom stereocenters. The van der Waals surface area contributed by atoms with Crippen LogP contribution < -0.4 is 15.5 Å². The van der Waals surface area contributed by atoms with Crippen LogP contribution in [0.25, 0.3) is 0 Å². The summed E-state index contributed by atoms with van der Waals surface area (Å²) in [5.74, 6) is -1.99. The second-order valence-electron chi connectivity index (χ2n) is 6.84. The third-order valence-corrected chi connectivity index (χ3v) is 4.64. The van der Waals surface area contributed by atoms with Crippen molar-refractivity contribution in [3.05, 3.63) is 57.6 Å². The first-order chi connectivity index (χ1) is 13.8. The topological polar surface area (TPSA) is 122 Å². The first-order valence-electron chi connectivity index (χ1n) is 9.04. The minimum atomic E-state index is -1.03. The van der Waals surface area contributed by atoms with E-state index in [0.717, 1.165) is 12.0 Å². The number of amides is 3. The zero-order valence-corrected chi connectivity index (χ0v) is 16.0. The highest BCUT2D eigenvalue weighted by Crippen LogP contribution is 2.28. The zero-order chi connectivity index (χ0) is 21.1. The molecule has 1 aliphatic rings. The molecule has 0 bridgehead atoms. The van der Waals surface area contributed by atoms with Gasteiger partial charge in [0.25, 0.3) is 5.69 Å². The molecular weight excluding hydrogens is 376 g/mol. The Kier molecular flexibility index (Phi) is 5.58. The molecule has 3 amide bonds. The highest BCUT2D eigenvalue weighted by Gasteiger charge is 2.24. The lowest BCUT2D eigenvalue weighted by Gasteiger charge is -2.19. The van der Waals surface area contributed by atoms with Crippen molar-refractivity contribution in [3.8, 4) is 0 Å². The molecule has 9 heteroatoms. The maximum atomic E-state index is 12.3. The first kappa shape index (κ1) is 20.0. The fourth-order valence-corrected chi connectivity index (χ4v) is 3.15. The van der Waals surface area contributed by atoms with Crippen LogP contribution in [0.2, 0.25) is 0 Å². The van der Waals surface area contributed by atoms with Crippen LogP contribution in [0, 0.1) is 24.0 Å². The van der Waals surface area contributed by atoms with E-state index in [9.17, 15) is 24.5 Å². The van der Waals surface area contributed by atoms with Crippen LogP contribution in [0.5, 0.6) is 0 Å². The quantitative estimate of drug-likeness (QED) is 0.467. The second kappa shape index (κ2) is 8.09. The van der Waals surface area contributed by atoms with Gasteiger partial charge in [-0.05, 0) is 49.6 Å². The molecule has 0 radical (unpaired) electrons. The van der Waals surface area contributed by atoms with Gasteiger partial charge in [-0.1, -0.05) is 12.1 Å². The van der Waals surface area contributed by atoms with Gasteiger partial charge in [0, 0.05) is 30.4 Å². The molecule has 3 rings (SSSR count). The van der Waals surface area contributed by atoms with Crippen molar-refractivity contribution in [3.63, 3.8) is 0 Å². The average molecular weight is 396 g/mol. The van der Waals surface area contributed by atoms with E-state index in [-0.39, 0.29) is 17.3 Å². The Bertz CT molecular complexity index is 1020. The van der Waals surface area contributed by atoms with Crippen molar-refractivity contribution < 1.29 is 19.3 Å². The number of nitro benzene ring substituents is 1. The molecule has 1 fully saturated rings. The van der Waals surface area contributed by atoms with Crippen molar-refractivity contribution in [1.29, 1.82) is 0 Å². The summed E-state index contributed by atoms with van der Waals surface area (Å²) < 4.78 is 0. The summed E-state index contributed by atoms with van der Waals surface area (Å²) in [6, 6.07) is 9.30. The highest BCUT2D eigenvalue weighted by molar-refractivity contribution is 6.43. The molecule has 2 N–H and O–H groups in total. The van der Waals surface area contributed by atoms with E-state index in [0.29, 0.717) is 29.9 Å². The maximum Gasteiger partial charge on any atom is 0.314 e. The number of nitrogens with one attached hydrogen (secondary N) is 2. The van der Waals surface area contributed by atoms with E-state index >= 15 is 0 Å². The van der Waals surface area contributed by atoms with Gasteiger partial charge in [-0.15, -0.1) is 0 Å². The Morgan fingerprint density at radius 1 is 1.07 bits per heavy atom. The highest BCUT2D eigenvalue weighted by atomic mass is 16.6. The molecule has 0 aromatic heterocycles. The molecule has 0 spiro atoms. The Hall–Kier alpha value is -3.75. The van der Waals surface area contributed by atoms with Gasteiger partial charge in [-0.25, -0.2) is 0 Å². The molecule has 0 aliphatic carbocycles. The van der Waals surface area contributed by atoms with E-state index in [4.69, 9.17) is 0 Å². The van der Waals surface area contributed by atoms with Crippen molar-refractivity contribution in [2.45, 2.75) is 26.7 Å². The molecule has 2 aromatic rings. The minimum Gasteiger partial charge on any atom is -0.318 e. The van der Waals surface area contributed by atoms with Gasteiger partial charge in [-0.3, -0.25) is 24.5 Å². The fourth-order valence-electron chi connectivity index (χ4n) is 3.15. The lowest BCUT2D eigenvalue weighted by Crippen LogP contribution is -2.29. The number of aryl methyl sites for hydroxylation is 2. The number of benzene rings is 2. The number of carbonyl (C=O) groups is 3. The SMILES string of the molecule is Cc1ccc(NC(=O)C(=O)Nc2ccc(C)c(N3CCCC3=O)c2)c([N+](=O)[O-])c1. The van der Waals surface area contributed by atoms with Crippen LogP contribution >= 0.6 is 0 Å². The lowest BCUT2D eigenvalue weighted by molar-refractivity contribution is -0.384. The van der Waals surface area contributed by atoms with Crippen LogP contribution in [0.4, 0.5) is 22.7 Å². The molecule has 2 aromatic carbocycles. The third kappa shape index (κ3) is 4.40. The number of anilines is 3. The van der Waals surface area contributed by atoms with Crippen LogP contribution in [-0.4, -0.2) is 29.2 Å². The van der Waals surface area contributed by atoms with E-state index < -0.39 is 16.7 Å². The van der Waals surface area contributed by atoms with E-state index in [1.54, 1.807) is 36.1 Å². The van der Waals surface area contributed by atoms with E-state index in [1.165, 1.54) is 12.1 Å².